The van der Waals surface area contributed by atoms with Gasteiger partial charge >= 0.3 is 18.1 Å². The van der Waals surface area contributed by atoms with Gasteiger partial charge in [-0.1, -0.05) is 96.6 Å². The number of hydrogen-bond acceptors (Lipinski definition) is 11. The highest BCUT2D eigenvalue weighted by Gasteiger charge is 2.31. The molecule has 69 heavy (non-hydrogen) atoms. The van der Waals surface area contributed by atoms with Gasteiger partial charge in [0.1, 0.15) is 40.6 Å². The van der Waals surface area contributed by atoms with Crippen LogP contribution in [0.1, 0.15) is 90.2 Å². The number of oxime groups is 1. The van der Waals surface area contributed by atoms with Crippen molar-refractivity contribution < 1.29 is 47.0 Å². The van der Waals surface area contributed by atoms with Gasteiger partial charge in [-0.2, -0.15) is 26.3 Å². The van der Waals surface area contributed by atoms with E-state index in [1.165, 1.54) is 51.5 Å². The van der Waals surface area contributed by atoms with Crippen LogP contribution in [0.4, 0.5) is 26.3 Å². The maximum atomic E-state index is 12.9. The molecular weight excluding hydrogens is 990 g/mol. The van der Waals surface area contributed by atoms with Crippen molar-refractivity contribution in [2.45, 2.75) is 90.8 Å². The second-order valence-corrected chi connectivity index (χ2v) is 18.6. The van der Waals surface area contributed by atoms with Crippen molar-refractivity contribution in [3.8, 4) is 32.6 Å². The van der Waals surface area contributed by atoms with E-state index in [4.69, 9.17) is 48.6 Å². The third-order valence-electron chi connectivity index (χ3n) is 10.5. The van der Waals surface area contributed by atoms with Crippen LogP contribution in [0.5, 0.6) is 11.5 Å². The van der Waals surface area contributed by atoms with E-state index in [0.29, 0.717) is 60.5 Å². The molecule has 0 amide bonds. The van der Waals surface area contributed by atoms with E-state index in [0.717, 1.165) is 89.5 Å². The van der Waals surface area contributed by atoms with Crippen LogP contribution in [0.3, 0.4) is 0 Å². The summed E-state index contributed by atoms with van der Waals surface area (Å²) in [6.45, 7) is 4.68. The van der Waals surface area contributed by atoms with E-state index in [1.807, 2.05) is 0 Å². The molecule has 3 N–H and O–H groups in total. The second kappa shape index (κ2) is 23.6. The van der Waals surface area contributed by atoms with Crippen LogP contribution in [-0.4, -0.2) is 30.7 Å². The summed E-state index contributed by atoms with van der Waals surface area (Å²) >= 11 is 15.5. The minimum Gasteiger partial charge on any atom is -0.488 e. The molecule has 0 radical (unpaired) electrons. The first-order chi connectivity index (χ1) is 32.9. The summed E-state index contributed by atoms with van der Waals surface area (Å²) in [7, 11) is 1.57. The van der Waals surface area contributed by atoms with Crippen molar-refractivity contribution >= 4 is 51.7 Å². The van der Waals surface area contributed by atoms with Crippen LogP contribution in [0.15, 0.2) is 99.4 Å². The van der Waals surface area contributed by atoms with Crippen molar-refractivity contribution in [2.75, 3.05) is 0 Å². The van der Waals surface area contributed by atoms with Crippen molar-refractivity contribution in [1.29, 1.82) is 0 Å². The molecule has 0 aliphatic heterocycles. The Labute approximate surface area is 412 Å². The predicted octanol–water partition coefficient (Wildman–Crippen LogP) is 13.6. The molecule has 21 heteroatoms. The van der Waals surface area contributed by atoms with E-state index in [1.54, 1.807) is 43.4 Å². The number of nitrogens with two attached hydrogens (primary N) is 1. The molecule has 0 aliphatic rings. The number of thiazole rings is 2. The number of halogens is 8. The van der Waals surface area contributed by atoms with E-state index >= 15 is 0 Å². The highest BCUT2D eigenvalue weighted by molar-refractivity contribution is 7.15. The molecule has 4 aromatic carbocycles. The van der Waals surface area contributed by atoms with Crippen molar-refractivity contribution in [1.82, 2.24) is 19.7 Å². The van der Waals surface area contributed by atoms with Crippen LogP contribution in [0.25, 0.3) is 21.1 Å². The molecule has 7 rings (SSSR count). The summed E-state index contributed by atoms with van der Waals surface area (Å²) in [5, 5.41) is 17.6. The molecule has 0 unspecified atom stereocenters. The Morgan fingerprint density at radius 1 is 0.754 bits per heavy atom. The van der Waals surface area contributed by atoms with Crippen LogP contribution >= 0.6 is 45.9 Å². The van der Waals surface area contributed by atoms with Gasteiger partial charge in [-0.15, -0.1) is 22.7 Å². The molecule has 7 aromatic rings. The normalized spacial score (nSPS) is 12.0. The lowest BCUT2D eigenvalue weighted by molar-refractivity contribution is -0.138. The van der Waals surface area contributed by atoms with Gasteiger partial charge in [0.15, 0.2) is 5.82 Å². The Kier molecular flexibility index (Phi) is 18.0. The fraction of sp³-hybridized carbons (Fsp3) is 0.312. The summed E-state index contributed by atoms with van der Waals surface area (Å²) in [5.41, 5.74) is 8.64. The first kappa shape index (κ1) is 52.5. The molecule has 0 spiro atoms. The molecular formula is C48H48Cl2F6N6O5S2. The first-order valence-corrected chi connectivity index (χ1v) is 23.9. The average molecular weight is 1040 g/mol. The lowest BCUT2D eigenvalue weighted by atomic mass is 10.1. The third kappa shape index (κ3) is 14.3. The van der Waals surface area contributed by atoms with Crippen molar-refractivity contribution in [3.05, 3.63) is 155 Å². The van der Waals surface area contributed by atoms with Crippen molar-refractivity contribution in [3.63, 3.8) is 0 Å². The smallest absolute Gasteiger partial charge is 0.441 e. The van der Waals surface area contributed by atoms with Crippen LogP contribution in [0, 0.1) is 0 Å². The third-order valence-corrected chi connectivity index (χ3v) is 13.5. The lowest BCUT2D eigenvalue weighted by Gasteiger charge is -2.09. The summed E-state index contributed by atoms with van der Waals surface area (Å²) in [6.07, 6.45) is -2.85. The minimum atomic E-state index is -4.38. The van der Waals surface area contributed by atoms with E-state index in [2.05, 4.69) is 33.7 Å². The largest absolute Gasteiger partial charge is 0.488 e. The van der Waals surface area contributed by atoms with Gasteiger partial charge in [0.2, 0.25) is 0 Å². The Bertz CT molecular complexity index is 2910. The average Bonchev–Trinajstić information content (AvgIpc) is 4.03. The SMILES string of the molecule is CCCCc1nc(-c2ccc(C(F)(F)F)cc2)sc1COc1ccc(CC(N)=NO)c(Cl)c1.CCCCc1nc(-c2ccc(C(F)(F)F)cc2)sc1COc1ccc(Cc2noc(=O)n2C)c(Cl)c1.[HH]. The van der Waals surface area contributed by atoms with Gasteiger partial charge in [-0.3, -0.25) is 9.09 Å². The number of amidine groups is 1. The number of hydrogen-bond donors (Lipinski definition) is 2. The summed E-state index contributed by atoms with van der Waals surface area (Å²) in [5.74, 6) is 1.07. The Hall–Kier alpha value is -5.89. The maximum Gasteiger partial charge on any atom is 0.441 e. The number of aryl methyl sites for hydroxylation is 2. The standard InChI is InChI=1S/C25H23ClF3N3O3S.C23H23ClF3N3O2S.H2/c1-3-4-5-20-21(36-23(30-20)15-6-9-17(10-7-15)25(27,28)29)14-34-18-11-8-16(19(26)13-18)12-22-31-35-24(33)32(22)2;1-2-3-4-19-20(13-32-17-10-7-15(18(24)12-17)11-21(28)30-31)33-22(29-19)14-5-8-16(9-6-14)23(25,26)27;/h6-11,13H,3-5,12,14H2,1-2H3;5-10,12,31H,2-4,11,13H2,1H3,(H2,28,30);1H. The first-order valence-electron chi connectivity index (χ1n) is 21.5. The van der Waals surface area contributed by atoms with E-state index in [-0.39, 0.29) is 26.9 Å². The number of ether oxygens (including phenoxy) is 2. The topological polar surface area (TPSA) is 151 Å². The fourth-order valence-electron chi connectivity index (χ4n) is 6.61. The molecule has 368 valence electrons. The molecule has 0 fully saturated rings. The monoisotopic (exact) mass is 1040 g/mol. The van der Waals surface area contributed by atoms with E-state index in [9.17, 15) is 31.1 Å². The van der Waals surface area contributed by atoms with Gasteiger partial charge < -0.3 is 20.4 Å². The zero-order chi connectivity index (χ0) is 49.9. The molecule has 0 saturated carbocycles. The van der Waals surface area contributed by atoms with E-state index < -0.39 is 29.2 Å². The van der Waals surface area contributed by atoms with Gasteiger partial charge in [0.25, 0.3) is 0 Å². The minimum absolute atomic E-state index is 0. The number of benzene rings is 4. The van der Waals surface area contributed by atoms with Crippen LogP contribution in [-0.2, 0) is 58.3 Å². The van der Waals surface area contributed by atoms with Gasteiger partial charge in [0, 0.05) is 42.5 Å². The Balaban J connectivity index is 0.000000258. The van der Waals surface area contributed by atoms with Crippen LogP contribution in [0.2, 0.25) is 10.0 Å². The highest BCUT2D eigenvalue weighted by Crippen LogP contribution is 2.36. The van der Waals surface area contributed by atoms with Crippen LogP contribution < -0.4 is 21.0 Å². The van der Waals surface area contributed by atoms with Gasteiger partial charge in [-0.05, 0) is 85.3 Å². The summed E-state index contributed by atoms with van der Waals surface area (Å²) < 4.78 is 95.2. The lowest BCUT2D eigenvalue weighted by Crippen LogP contribution is -2.14. The molecule has 3 aromatic heterocycles. The predicted molar refractivity (Wildman–Crippen MR) is 258 cm³/mol. The number of aromatic nitrogens is 4. The number of nitrogens with zero attached hydrogens (tertiary/aromatic N) is 5. The quantitative estimate of drug-likeness (QED) is 0.0281. The molecule has 11 nitrogen and oxygen atoms in total. The molecule has 3 heterocycles. The number of alkyl halides is 6. The summed E-state index contributed by atoms with van der Waals surface area (Å²) in [4.78, 5) is 22.7. The number of unbranched alkanes of at least 4 members (excludes halogenated alkanes) is 2. The fourth-order valence-corrected chi connectivity index (χ4v) is 9.14. The summed E-state index contributed by atoms with van der Waals surface area (Å²) in [6, 6.07) is 20.5. The zero-order valence-corrected chi connectivity index (χ0v) is 40.5. The van der Waals surface area contributed by atoms with Gasteiger partial charge in [-0.25, -0.2) is 14.8 Å². The molecule has 0 aliphatic carbocycles. The molecule has 0 saturated heterocycles. The second-order valence-electron chi connectivity index (χ2n) is 15.6. The Morgan fingerprint density at radius 3 is 1.58 bits per heavy atom. The zero-order valence-electron chi connectivity index (χ0n) is 37.4. The molecule has 0 bridgehead atoms. The molecule has 0 atom stereocenters. The number of rotatable bonds is 18. The maximum absolute atomic E-state index is 12.9. The highest BCUT2D eigenvalue weighted by atomic mass is 35.5. The van der Waals surface area contributed by atoms with Gasteiger partial charge in [0.05, 0.1) is 32.3 Å². The Morgan fingerprint density at radius 2 is 1.20 bits per heavy atom. The van der Waals surface area contributed by atoms with Crippen molar-refractivity contribution in [2.24, 2.45) is 17.9 Å².